The molecule has 0 N–H and O–H groups in total. The molecule has 2 atom stereocenters. The van der Waals surface area contributed by atoms with Crippen LogP contribution in [0.3, 0.4) is 0 Å². The van der Waals surface area contributed by atoms with Crippen LogP contribution in [0, 0.1) is 10.1 Å². The molecular weight excluding hydrogens is 240 g/mol. The number of nitroso groups, excluding NO2 is 1. The largest absolute Gasteiger partial charge is 0.617 e. The average molecular weight is 251 g/mol. The summed E-state index contributed by atoms with van der Waals surface area (Å²) in [7, 11) is 0. The van der Waals surface area contributed by atoms with E-state index in [0.29, 0.717) is 11.4 Å². The van der Waals surface area contributed by atoms with Gasteiger partial charge in [0.05, 0.1) is 6.08 Å². The van der Waals surface area contributed by atoms with E-state index in [2.05, 4.69) is 0 Å². The molecule has 4 nitrogen and oxygen atoms in total. The van der Waals surface area contributed by atoms with Crippen LogP contribution in [0.25, 0.3) is 12.3 Å². The van der Waals surface area contributed by atoms with Gasteiger partial charge in [0.2, 0.25) is 5.69 Å². The number of quaternary nitrogens is 1. The standard InChI is InChI=1S/C15H11N2O2/c18-16-13-7-3-4-8-14(13)17(19)10-12-6-2-1-5-11(12)9-15(16)17/h1-10,15H/q+1. The lowest BCUT2D eigenvalue weighted by Crippen LogP contribution is -2.52. The Kier molecular flexibility index (Phi) is 1.88. The maximum absolute atomic E-state index is 13.1. The van der Waals surface area contributed by atoms with Gasteiger partial charge in [0.25, 0.3) is 0 Å². The molecule has 2 unspecified atom stereocenters. The molecular formula is C15H11N2O2+. The molecule has 0 saturated carbocycles. The molecule has 2 aliphatic rings. The molecule has 2 heterocycles. The summed E-state index contributed by atoms with van der Waals surface area (Å²) in [6.45, 7) is 0. The topological polar surface area (TPSA) is 43.1 Å². The molecule has 0 aromatic heterocycles. The molecule has 0 spiro atoms. The molecule has 2 aliphatic heterocycles. The minimum absolute atomic E-state index is 0.461. The minimum atomic E-state index is -0.757. The SMILES string of the molecule is O=[N+]1c2ccccc2[N+]2([O-])C=c3ccccc3=CC12. The number of rotatable bonds is 0. The zero-order valence-corrected chi connectivity index (χ0v) is 10.1. The fourth-order valence-electron chi connectivity index (χ4n) is 2.86. The smallest absolute Gasteiger partial charge is 0.362 e. The highest BCUT2D eigenvalue weighted by Crippen LogP contribution is 2.44. The van der Waals surface area contributed by atoms with Crippen molar-refractivity contribution in [3.8, 4) is 0 Å². The highest BCUT2D eigenvalue weighted by molar-refractivity contribution is 5.72. The van der Waals surface area contributed by atoms with Gasteiger partial charge in [-0.2, -0.15) is 0 Å². The summed E-state index contributed by atoms with van der Waals surface area (Å²) in [6.07, 6.45) is 2.62. The van der Waals surface area contributed by atoms with Crippen molar-refractivity contribution in [2.75, 3.05) is 0 Å². The summed E-state index contributed by atoms with van der Waals surface area (Å²) in [5.74, 6) is 0. The first kappa shape index (κ1) is 10.6. The quantitative estimate of drug-likeness (QED) is 0.404. The summed E-state index contributed by atoms with van der Waals surface area (Å²) >= 11 is 0. The summed E-state index contributed by atoms with van der Waals surface area (Å²) in [6, 6.07) is 14.6. The Bertz CT molecular complexity index is 828. The van der Waals surface area contributed by atoms with Crippen molar-refractivity contribution in [1.82, 2.24) is 4.65 Å². The summed E-state index contributed by atoms with van der Waals surface area (Å²) in [5, 5.41) is 14.9. The first-order chi connectivity index (χ1) is 9.20. The molecule has 2 aromatic carbocycles. The van der Waals surface area contributed by atoms with Crippen LogP contribution in [-0.4, -0.2) is 10.9 Å². The molecule has 0 fully saturated rings. The van der Waals surface area contributed by atoms with Gasteiger partial charge in [0.1, 0.15) is 11.0 Å². The Balaban J connectivity index is 2.10. The zero-order valence-electron chi connectivity index (χ0n) is 10.1. The van der Waals surface area contributed by atoms with Crippen molar-refractivity contribution < 1.29 is 4.76 Å². The highest BCUT2D eigenvalue weighted by atomic mass is 16.6. The third-order valence-electron chi connectivity index (χ3n) is 3.78. The van der Waals surface area contributed by atoms with E-state index in [1.807, 2.05) is 24.3 Å². The van der Waals surface area contributed by atoms with Crippen LogP contribution in [0.1, 0.15) is 0 Å². The van der Waals surface area contributed by atoms with Gasteiger partial charge in [0.15, 0.2) is 0 Å². The molecule has 92 valence electrons. The molecule has 0 radical (unpaired) electrons. The number of fused-ring (bicyclic) bond motifs is 4. The Morgan fingerprint density at radius 3 is 2.53 bits per heavy atom. The maximum atomic E-state index is 13.1. The van der Waals surface area contributed by atoms with Gasteiger partial charge in [-0.3, -0.25) is 0 Å². The van der Waals surface area contributed by atoms with Crippen molar-refractivity contribution in [2.24, 2.45) is 0 Å². The normalized spacial score (nSPS) is 26.8. The van der Waals surface area contributed by atoms with Crippen molar-refractivity contribution in [3.05, 3.63) is 69.1 Å². The average Bonchev–Trinajstić information content (AvgIpc) is 2.66. The third-order valence-corrected chi connectivity index (χ3v) is 3.78. The summed E-state index contributed by atoms with van der Waals surface area (Å²) in [4.78, 5) is 12.3. The van der Waals surface area contributed by atoms with E-state index in [0.717, 1.165) is 15.2 Å². The van der Waals surface area contributed by atoms with Gasteiger partial charge in [-0.15, -0.1) is 0 Å². The van der Waals surface area contributed by atoms with E-state index in [9.17, 15) is 10.1 Å². The Hall–Kier alpha value is -2.30. The van der Waals surface area contributed by atoms with Crippen LogP contribution in [0.15, 0.2) is 48.5 Å². The van der Waals surface area contributed by atoms with E-state index in [1.54, 1.807) is 36.5 Å². The van der Waals surface area contributed by atoms with E-state index in [1.165, 1.54) is 0 Å². The van der Waals surface area contributed by atoms with E-state index in [4.69, 9.17) is 0 Å². The van der Waals surface area contributed by atoms with Crippen LogP contribution in [0.4, 0.5) is 11.4 Å². The van der Waals surface area contributed by atoms with Crippen LogP contribution in [0.5, 0.6) is 0 Å². The predicted molar refractivity (Wildman–Crippen MR) is 73.3 cm³/mol. The number of hydrogen-bond acceptors (Lipinski definition) is 2. The molecule has 4 heteroatoms. The van der Waals surface area contributed by atoms with Crippen molar-refractivity contribution in [1.29, 1.82) is 0 Å². The van der Waals surface area contributed by atoms with Gasteiger partial charge < -0.3 is 5.21 Å². The Labute approximate surface area is 109 Å². The van der Waals surface area contributed by atoms with Gasteiger partial charge in [0, 0.05) is 22.3 Å². The van der Waals surface area contributed by atoms with Gasteiger partial charge >= 0.3 is 11.9 Å². The summed E-state index contributed by atoms with van der Waals surface area (Å²) in [5.41, 5.74) is 0.969. The fourth-order valence-corrected chi connectivity index (χ4v) is 2.86. The second-order valence-electron chi connectivity index (χ2n) is 4.86. The van der Waals surface area contributed by atoms with Crippen molar-refractivity contribution in [3.63, 3.8) is 0 Å². The predicted octanol–water partition coefficient (Wildman–Crippen LogP) is 1.47. The number of benzene rings is 2. The van der Waals surface area contributed by atoms with Crippen LogP contribution >= 0.6 is 0 Å². The number of para-hydroxylation sites is 2. The van der Waals surface area contributed by atoms with Gasteiger partial charge in [-0.05, 0) is 11.3 Å². The zero-order chi connectivity index (χ0) is 13.0. The number of hydroxylamine groups is 2. The van der Waals surface area contributed by atoms with E-state index < -0.39 is 10.8 Å². The fraction of sp³-hybridized carbons (Fsp3) is 0.0667. The van der Waals surface area contributed by atoms with Gasteiger partial charge in [-0.25, -0.2) is 4.65 Å². The molecule has 19 heavy (non-hydrogen) atoms. The first-order valence-electron chi connectivity index (χ1n) is 6.15. The van der Waals surface area contributed by atoms with Crippen LogP contribution in [-0.2, 0) is 0 Å². The maximum Gasteiger partial charge on any atom is 0.362 e. The Morgan fingerprint density at radius 1 is 1.00 bits per heavy atom. The van der Waals surface area contributed by atoms with E-state index in [-0.39, 0.29) is 0 Å². The molecule has 0 saturated heterocycles. The number of hydrogen-bond donors (Lipinski definition) is 0. The van der Waals surface area contributed by atoms with Crippen molar-refractivity contribution >= 4 is 23.7 Å². The van der Waals surface area contributed by atoms with Crippen LogP contribution < -0.4 is 15.1 Å². The number of nitrogens with zero attached hydrogens (tertiary/aromatic N) is 2. The van der Waals surface area contributed by atoms with Crippen molar-refractivity contribution in [2.45, 2.75) is 6.17 Å². The molecule has 0 bridgehead atoms. The van der Waals surface area contributed by atoms with Crippen LogP contribution in [0.2, 0.25) is 0 Å². The van der Waals surface area contributed by atoms with Gasteiger partial charge in [-0.1, -0.05) is 30.3 Å². The molecule has 2 aromatic rings. The monoisotopic (exact) mass is 251 g/mol. The Morgan fingerprint density at radius 2 is 1.68 bits per heavy atom. The lowest BCUT2D eigenvalue weighted by Gasteiger charge is -2.33. The molecule has 0 amide bonds. The second-order valence-corrected chi connectivity index (χ2v) is 4.86. The lowest BCUT2D eigenvalue weighted by atomic mass is 10.1. The first-order valence-corrected chi connectivity index (χ1v) is 6.15. The molecule has 0 aliphatic carbocycles. The minimum Gasteiger partial charge on any atom is -0.617 e. The molecule has 4 rings (SSSR count). The highest BCUT2D eigenvalue weighted by Gasteiger charge is 2.53. The summed E-state index contributed by atoms with van der Waals surface area (Å²) < 4.78 is 0.0888. The third kappa shape index (κ3) is 1.24. The van der Waals surface area contributed by atoms with E-state index >= 15 is 0 Å². The lowest BCUT2D eigenvalue weighted by molar-refractivity contribution is -0.491. The second kappa shape index (κ2) is 3.38.